The highest BCUT2D eigenvalue weighted by atomic mass is 16.6. The standard InChI is InChI=1S/C77H120O5/c1-3-5-7-9-11-13-15-17-19-21-23-25-27-29-31-33-35-37-38-40-42-44-46-48-50-52-54-56-58-60-62-64-66-68-70-72-77(80)82-75(73-78)74-81-76(79)71-69-67-65-63-61-59-57-55-53-51-49-47-45-43-41-39-36-34-32-30-28-26-24-22-20-18-16-14-12-10-8-6-4-2/h5-8,11-14,17-20,23-26,29-32,35-37,39-40,42-43,45-46,48,52,54,75,78H,3-4,9-10,15-16,21-22,27-28,33-34,38,41,44,47,49-51,53,55-74H2,1-2H3/b7-5-,8-6-,13-11-,14-12-,19-17-,20-18-,25-23-,26-24-,31-29-,32-30-,37-35-,39-36-,42-40-,45-43-,48-46-,54-52-. The molecule has 0 saturated carbocycles. The van der Waals surface area contributed by atoms with Gasteiger partial charge in [-0.2, -0.15) is 0 Å². The molecule has 0 rings (SSSR count). The van der Waals surface area contributed by atoms with E-state index in [4.69, 9.17) is 9.47 Å². The molecule has 0 spiro atoms. The van der Waals surface area contributed by atoms with Gasteiger partial charge in [-0.3, -0.25) is 9.59 Å². The van der Waals surface area contributed by atoms with Crippen LogP contribution < -0.4 is 0 Å². The number of unbranched alkanes of at least 4 members (excludes halogenated alkanes) is 18. The molecule has 0 aromatic rings. The Morgan fingerprint density at radius 2 is 0.488 bits per heavy atom. The number of allylic oxidation sites excluding steroid dienone is 32. The largest absolute Gasteiger partial charge is 0.462 e. The van der Waals surface area contributed by atoms with Gasteiger partial charge in [0.25, 0.3) is 0 Å². The molecule has 0 aromatic heterocycles. The molecule has 0 fully saturated rings. The summed E-state index contributed by atoms with van der Waals surface area (Å²) in [6, 6.07) is 0. The first-order chi connectivity index (χ1) is 40.6. The number of esters is 2. The van der Waals surface area contributed by atoms with E-state index < -0.39 is 6.10 Å². The second-order valence-electron chi connectivity index (χ2n) is 21.1. The molecule has 0 bridgehead atoms. The Balaban J connectivity index is 3.61. The van der Waals surface area contributed by atoms with E-state index in [9.17, 15) is 14.7 Å². The number of rotatable bonds is 58. The summed E-state index contributed by atoms with van der Waals surface area (Å²) in [5, 5.41) is 9.69. The molecular weight excluding hydrogens is 1000 g/mol. The van der Waals surface area contributed by atoms with Crippen molar-refractivity contribution in [1.82, 2.24) is 0 Å². The Morgan fingerprint density at radius 1 is 0.280 bits per heavy atom. The SMILES string of the molecule is CC/C=C\C/C=C\C/C=C\C/C=C\C/C=C\C/C=C\C/C=C\C/C=C\C/C=C\CCCCCCCCCC(=O)OC(CO)COC(=O)CCCCCCCCCCCCC/C=C\C/C=C\C/C=C\C/C=C\C/C=C\C/C=C\C/C=C\CC. The molecule has 0 saturated heterocycles. The number of aliphatic hydroxyl groups is 1. The maximum Gasteiger partial charge on any atom is 0.306 e. The zero-order valence-corrected chi connectivity index (χ0v) is 52.4. The van der Waals surface area contributed by atoms with Crippen LogP contribution >= 0.6 is 0 Å². The van der Waals surface area contributed by atoms with Crippen LogP contribution in [0.15, 0.2) is 194 Å². The first-order valence-corrected chi connectivity index (χ1v) is 33.0. The second kappa shape index (κ2) is 70.0. The van der Waals surface area contributed by atoms with Crippen molar-refractivity contribution in [2.24, 2.45) is 0 Å². The highest BCUT2D eigenvalue weighted by Crippen LogP contribution is 2.15. The summed E-state index contributed by atoms with van der Waals surface area (Å²) < 4.78 is 10.7. The van der Waals surface area contributed by atoms with Gasteiger partial charge in [0.15, 0.2) is 6.10 Å². The lowest BCUT2D eigenvalue weighted by molar-refractivity contribution is -0.161. The minimum absolute atomic E-state index is 0.0842. The van der Waals surface area contributed by atoms with Crippen molar-refractivity contribution in [3.63, 3.8) is 0 Å². The van der Waals surface area contributed by atoms with Gasteiger partial charge in [-0.1, -0.05) is 298 Å². The van der Waals surface area contributed by atoms with Crippen LogP contribution in [0, 0.1) is 0 Å². The smallest absolute Gasteiger partial charge is 0.306 e. The molecule has 0 aliphatic rings. The van der Waals surface area contributed by atoms with Crippen LogP contribution in [-0.4, -0.2) is 36.4 Å². The number of aliphatic hydroxyl groups excluding tert-OH is 1. The predicted molar refractivity (Wildman–Crippen MR) is 361 cm³/mol. The molecule has 1 atom stereocenters. The molecule has 82 heavy (non-hydrogen) atoms. The van der Waals surface area contributed by atoms with Gasteiger partial charge in [0.05, 0.1) is 6.61 Å². The van der Waals surface area contributed by atoms with Gasteiger partial charge in [-0.15, -0.1) is 0 Å². The van der Waals surface area contributed by atoms with Crippen LogP contribution in [0.25, 0.3) is 0 Å². The molecule has 0 aromatic carbocycles. The van der Waals surface area contributed by atoms with Gasteiger partial charge >= 0.3 is 11.9 Å². The van der Waals surface area contributed by atoms with Gasteiger partial charge in [-0.25, -0.2) is 0 Å². The third-order valence-corrected chi connectivity index (χ3v) is 13.4. The Morgan fingerprint density at radius 3 is 0.732 bits per heavy atom. The Bertz CT molecular complexity index is 1900. The lowest BCUT2D eigenvalue weighted by atomic mass is 10.0. The second-order valence-corrected chi connectivity index (χ2v) is 21.1. The monoisotopic (exact) mass is 1120 g/mol. The van der Waals surface area contributed by atoms with Crippen LogP contribution in [0.1, 0.15) is 258 Å². The molecule has 1 unspecified atom stereocenters. The van der Waals surface area contributed by atoms with Crippen molar-refractivity contribution in [2.75, 3.05) is 13.2 Å². The van der Waals surface area contributed by atoms with Gasteiger partial charge in [0.1, 0.15) is 6.61 Å². The third kappa shape index (κ3) is 67.2. The molecule has 0 aliphatic carbocycles. The van der Waals surface area contributed by atoms with Crippen molar-refractivity contribution < 1.29 is 24.2 Å². The molecule has 0 amide bonds. The summed E-state index contributed by atoms with van der Waals surface area (Å²) in [5.74, 6) is -0.618. The number of carbonyl (C=O) groups excluding carboxylic acids is 2. The fraction of sp³-hybridized carbons (Fsp3) is 0.558. The summed E-state index contributed by atoms with van der Waals surface area (Å²) in [4.78, 5) is 24.6. The molecule has 0 radical (unpaired) electrons. The molecular formula is C77H120O5. The van der Waals surface area contributed by atoms with Crippen molar-refractivity contribution >= 4 is 11.9 Å². The molecule has 0 aliphatic heterocycles. The summed E-state index contributed by atoms with van der Waals surface area (Å²) in [6.07, 6.45) is 111. The lowest BCUT2D eigenvalue weighted by Crippen LogP contribution is -2.28. The Hall–Kier alpha value is -5.26. The molecule has 5 nitrogen and oxygen atoms in total. The van der Waals surface area contributed by atoms with E-state index in [0.717, 1.165) is 148 Å². The molecule has 1 N–H and O–H groups in total. The third-order valence-electron chi connectivity index (χ3n) is 13.4. The van der Waals surface area contributed by atoms with E-state index in [1.807, 2.05) is 0 Å². The molecule has 458 valence electrons. The Labute approximate surface area is 505 Å². The first-order valence-electron chi connectivity index (χ1n) is 33.0. The maximum absolute atomic E-state index is 12.4. The molecule has 5 heteroatoms. The van der Waals surface area contributed by atoms with E-state index in [-0.39, 0.29) is 25.2 Å². The highest BCUT2D eigenvalue weighted by Gasteiger charge is 2.16. The zero-order valence-electron chi connectivity index (χ0n) is 52.4. The zero-order chi connectivity index (χ0) is 59.1. The number of hydrogen-bond acceptors (Lipinski definition) is 5. The van der Waals surface area contributed by atoms with E-state index in [0.29, 0.717) is 12.8 Å². The van der Waals surface area contributed by atoms with Crippen molar-refractivity contribution in [3.8, 4) is 0 Å². The minimum atomic E-state index is -0.796. The van der Waals surface area contributed by atoms with E-state index in [2.05, 4.69) is 208 Å². The lowest BCUT2D eigenvalue weighted by Gasteiger charge is -2.15. The number of carbonyl (C=O) groups is 2. The van der Waals surface area contributed by atoms with Crippen molar-refractivity contribution in [2.45, 2.75) is 264 Å². The fourth-order valence-corrected chi connectivity index (χ4v) is 8.53. The van der Waals surface area contributed by atoms with E-state index in [1.165, 1.54) is 83.5 Å². The van der Waals surface area contributed by atoms with Gasteiger partial charge in [-0.05, 0) is 141 Å². The average Bonchev–Trinajstić information content (AvgIpc) is 3.49. The topological polar surface area (TPSA) is 72.8 Å². The quantitative estimate of drug-likeness (QED) is 0.0373. The normalized spacial score (nSPS) is 13.5. The van der Waals surface area contributed by atoms with Crippen molar-refractivity contribution in [3.05, 3.63) is 194 Å². The highest BCUT2D eigenvalue weighted by molar-refractivity contribution is 5.70. The molecule has 0 heterocycles. The van der Waals surface area contributed by atoms with Gasteiger partial charge < -0.3 is 14.6 Å². The average molecular weight is 1130 g/mol. The minimum Gasteiger partial charge on any atom is -0.462 e. The van der Waals surface area contributed by atoms with Gasteiger partial charge in [0, 0.05) is 12.8 Å². The maximum atomic E-state index is 12.4. The van der Waals surface area contributed by atoms with Crippen LogP contribution in [0.2, 0.25) is 0 Å². The first kappa shape index (κ1) is 76.7. The van der Waals surface area contributed by atoms with Crippen LogP contribution in [0.5, 0.6) is 0 Å². The fourth-order valence-electron chi connectivity index (χ4n) is 8.53. The number of ether oxygens (including phenoxy) is 2. The van der Waals surface area contributed by atoms with Crippen LogP contribution in [0.4, 0.5) is 0 Å². The summed E-state index contributed by atoms with van der Waals surface area (Å²) in [7, 11) is 0. The van der Waals surface area contributed by atoms with Crippen LogP contribution in [0.3, 0.4) is 0 Å². The van der Waals surface area contributed by atoms with E-state index >= 15 is 0 Å². The Kier molecular flexibility index (Phi) is 65.5. The van der Waals surface area contributed by atoms with Crippen LogP contribution in [-0.2, 0) is 19.1 Å². The summed E-state index contributed by atoms with van der Waals surface area (Å²) in [5.41, 5.74) is 0. The summed E-state index contributed by atoms with van der Waals surface area (Å²) >= 11 is 0. The van der Waals surface area contributed by atoms with E-state index in [1.54, 1.807) is 0 Å². The van der Waals surface area contributed by atoms with Gasteiger partial charge in [0.2, 0.25) is 0 Å². The number of hydrogen-bond donors (Lipinski definition) is 1. The summed E-state index contributed by atoms with van der Waals surface area (Å²) in [6.45, 7) is 3.90. The predicted octanol–water partition coefficient (Wildman–Crippen LogP) is 23.2. The van der Waals surface area contributed by atoms with Crippen molar-refractivity contribution in [1.29, 1.82) is 0 Å².